The van der Waals surface area contributed by atoms with Crippen molar-refractivity contribution < 1.29 is 29.5 Å². The fraction of sp³-hybridized carbons (Fsp3) is 1.00. The van der Waals surface area contributed by atoms with Crippen molar-refractivity contribution >= 4 is 0 Å². The van der Waals surface area contributed by atoms with Crippen LogP contribution in [0.1, 0.15) is 0 Å². The Balaban J connectivity index is 3.47. The van der Waals surface area contributed by atoms with Crippen LogP contribution >= 0.6 is 0 Å². The molecule has 0 rings (SSSR count). The summed E-state index contributed by atoms with van der Waals surface area (Å²) in [6.07, 6.45) is 0. The summed E-state index contributed by atoms with van der Waals surface area (Å²) in [6.45, 7) is -0.318. The zero-order valence-electron chi connectivity index (χ0n) is 7.39. The van der Waals surface area contributed by atoms with Crippen LogP contribution in [0.2, 0.25) is 0 Å². The van der Waals surface area contributed by atoms with Crippen LogP contribution in [0.15, 0.2) is 0 Å². The average Bonchev–Trinajstić information content (AvgIpc) is 2.17. The van der Waals surface area contributed by atoms with Crippen LogP contribution in [-0.4, -0.2) is 55.5 Å². The molecule has 0 aliphatic heterocycles. The van der Waals surface area contributed by atoms with Gasteiger partial charge in [0, 0.05) is 5.92 Å². The Bertz CT molecular complexity index is 80.0. The first-order valence-electron chi connectivity index (χ1n) is 3.91. The molecule has 0 amide bonds. The molecule has 0 unspecified atom stereocenters. The highest BCUT2D eigenvalue weighted by atomic mass is 16.6. The summed E-state index contributed by atoms with van der Waals surface area (Å²) >= 11 is 0. The van der Waals surface area contributed by atoms with E-state index in [1.54, 1.807) is 0 Å². The van der Waals surface area contributed by atoms with Crippen molar-refractivity contribution in [3.63, 3.8) is 0 Å². The number of hydrogen-bond acceptors (Lipinski definition) is 6. The van der Waals surface area contributed by atoms with Gasteiger partial charge >= 0.3 is 0 Å². The molecule has 0 saturated carbocycles. The van der Waals surface area contributed by atoms with E-state index < -0.39 is 0 Å². The van der Waals surface area contributed by atoms with E-state index >= 15 is 0 Å². The quantitative estimate of drug-likeness (QED) is 0.389. The van der Waals surface area contributed by atoms with Crippen molar-refractivity contribution in [2.45, 2.75) is 0 Å². The van der Waals surface area contributed by atoms with Crippen molar-refractivity contribution in [3.8, 4) is 0 Å². The third-order valence-electron chi connectivity index (χ3n) is 1.33. The third-order valence-corrected chi connectivity index (χ3v) is 1.33. The van der Waals surface area contributed by atoms with Gasteiger partial charge in [0.15, 0.2) is 0 Å². The number of rotatable bonds is 9. The lowest BCUT2D eigenvalue weighted by Crippen LogP contribution is -2.22. The van der Waals surface area contributed by atoms with E-state index in [9.17, 15) is 0 Å². The molecule has 0 aliphatic rings. The molecule has 0 spiro atoms. The Hall–Kier alpha value is -0.240. The molecule has 0 aliphatic carbocycles. The van der Waals surface area contributed by atoms with Gasteiger partial charge in [0.2, 0.25) is 0 Å². The standard InChI is InChI=1S/C7H16O6/c8-4-11-1-7(2-12-5-9)3-13-6-10/h7-10H,1-6H2. The summed E-state index contributed by atoms with van der Waals surface area (Å²) in [4.78, 5) is 0. The minimum atomic E-state index is -0.366. The number of aliphatic hydroxyl groups is 3. The highest BCUT2D eigenvalue weighted by Crippen LogP contribution is 1.99. The third kappa shape index (κ3) is 8.10. The SMILES string of the molecule is OCOCC(COCO)COCO. The molecule has 6 nitrogen and oxygen atoms in total. The van der Waals surface area contributed by atoms with Gasteiger partial charge in [-0.05, 0) is 0 Å². The summed E-state index contributed by atoms with van der Waals surface area (Å²) in [5.41, 5.74) is 0. The molecule has 0 radical (unpaired) electrons. The van der Waals surface area contributed by atoms with Gasteiger partial charge in [-0.25, -0.2) is 0 Å². The molecule has 0 saturated heterocycles. The molecule has 0 atom stereocenters. The minimum Gasteiger partial charge on any atom is -0.371 e. The molecule has 0 aromatic rings. The molecular formula is C7H16O6. The maximum atomic E-state index is 8.36. The van der Waals surface area contributed by atoms with E-state index in [0.717, 1.165) is 0 Å². The van der Waals surface area contributed by atoms with Gasteiger partial charge in [-0.15, -0.1) is 0 Å². The molecule has 0 bridgehead atoms. The minimum absolute atomic E-state index is 0.105. The first-order chi connectivity index (χ1) is 6.35. The smallest absolute Gasteiger partial charge is 0.143 e. The Morgan fingerprint density at radius 3 is 1.23 bits per heavy atom. The maximum absolute atomic E-state index is 8.36. The molecular weight excluding hydrogens is 180 g/mol. The van der Waals surface area contributed by atoms with Gasteiger partial charge in [0.25, 0.3) is 0 Å². The van der Waals surface area contributed by atoms with E-state index in [0.29, 0.717) is 0 Å². The van der Waals surface area contributed by atoms with Crippen LogP contribution in [0.25, 0.3) is 0 Å². The van der Waals surface area contributed by atoms with E-state index in [1.807, 2.05) is 0 Å². The number of ether oxygens (including phenoxy) is 3. The second kappa shape index (κ2) is 9.85. The Labute approximate surface area is 76.7 Å². The zero-order chi connectivity index (χ0) is 9.94. The molecule has 0 aromatic carbocycles. The van der Waals surface area contributed by atoms with Crippen molar-refractivity contribution in [3.05, 3.63) is 0 Å². The van der Waals surface area contributed by atoms with Gasteiger partial charge in [-0.3, -0.25) is 0 Å². The lowest BCUT2D eigenvalue weighted by atomic mass is 10.2. The molecule has 0 aromatic heterocycles. The predicted molar refractivity (Wildman–Crippen MR) is 42.6 cm³/mol. The topological polar surface area (TPSA) is 88.4 Å². The van der Waals surface area contributed by atoms with Crippen LogP contribution < -0.4 is 0 Å². The van der Waals surface area contributed by atoms with Crippen molar-refractivity contribution in [1.29, 1.82) is 0 Å². The highest BCUT2D eigenvalue weighted by molar-refractivity contribution is 4.54. The normalized spacial score (nSPS) is 11.1. The Morgan fingerprint density at radius 2 is 1.00 bits per heavy atom. The Morgan fingerprint density at radius 1 is 0.692 bits per heavy atom. The average molecular weight is 196 g/mol. The molecule has 13 heavy (non-hydrogen) atoms. The van der Waals surface area contributed by atoms with Crippen LogP contribution in [0.3, 0.4) is 0 Å². The zero-order valence-corrected chi connectivity index (χ0v) is 7.39. The van der Waals surface area contributed by atoms with Crippen LogP contribution in [0.5, 0.6) is 0 Å². The number of aliphatic hydroxyl groups excluding tert-OH is 3. The summed E-state index contributed by atoms with van der Waals surface area (Å²) in [7, 11) is 0. The molecule has 6 heteroatoms. The van der Waals surface area contributed by atoms with Gasteiger partial charge in [-0.2, -0.15) is 0 Å². The van der Waals surface area contributed by atoms with E-state index in [2.05, 4.69) is 0 Å². The van der Waals surface area contributed by atoms with E-state index in [-0.39, 0.29) is 46.1 Å². The van der Waals surface area contributed by atoms with Crippen molar-refractivity contribution in [1.82, 2.24) is 0 Å². The van der Waals surface area contributed by atoms with Gasteiger partial charge < -0.3 is 29.5 Å². The largest absolute Gasteiger partial charge is 0.371 e. The highest BCUT2D eigenvalue weighted by Gasteiger charge is 2.09. The lowest BCUT2D eigenvalue weighted by Gasteiger charge is -2.15. The van der Waals surface area contributed by atoms with Crippen molar-refractivity contribution in [2.24, 2.45) is 5.92 Å². The van der Waals surface area contributed by atoms with Crippen LogP contribution in [-0.2, 0) is 14.2 Å². The summed E-state index contributed by atoms with van der Waals surface area (Å²) in [5, 5.41) is 25.1. The molecule has 0 heterocycles. The maximum Gasteiger partial charge on any atom is 0.143 e. The molecule has 80 valence electrons. The van der Waals surface area contributed by atoms with E-state index in [1.165, 1.54) is 0 Å². The fourth-order valence-electron chi connectivity index (χ4n) is 0.802. The fourth-order valence-corrected chi connectivity index (χ4v) is 0.802. The summed E-state index contributed by atoms with van der Waals surface area (Å²) < 4.78 is 14.2. The predicted octanol–water partition coefficient (Wildman–Crippen LogP) is -1.50. The lowest BCUT2D eigenvalue weighted by molar-refractivity contribution is -0.0893. The summed E-state index contributed by atoms with van der Waals surface area (Å²) in [6, 6.07) is 0. The molecule has 0 fully saturated rings. The number of hydrogen-bond donors (Lipinski definition) is 3. The van der Waals surface area contributed by atoms with E-state index in [4.69, 9.17) is 29.5 Å². The first kappa shape index (κ1) is 12.8. The van der Waals surface area contributed by atoms with Crippen molar-refractivity contribution in [2.75, 3.05) is 40.2 Å². The van der Waals surface area contributed by atoms with Crippen LogP contribution in [0, 0.1) is 5.92 Å². The second-order valence-corrected chi connectivity index (χ2v) is 2.37. The second-order valence-electron chi connectivity index (χ2n) is 2.37. The van der Waals surface area contributed by atoms with Crippen LogP contribution in [0.4, 0.5) is 0 Å². The summed E-state index contributed by atoms with van der Waals surface area (Å²) in [5.74, 6) is -0.105. The monoisotopic (exact) mass is 196 g/mol. The molecule has 3 N–H and O–H groups in total. The van der Waals surface area contributed by atoms with Gasteiger partial charge in [0.1, 0.15) is 20.4 Å². The van der Waals surface area contributed by atoms with Gasteiger partial charge in [-0.1, -0.05) is 0 Å². The van der Waals surface area contributed by atoms with Gasteiger partial charge in [0.05, 0.1) is 19.8 Å². The first-order valence-corrected chi connectivity index (χ1v) is 3.91. The Kier molecular flexibility index (Phi) is 9.66.